The van der Waals surface area contributed by atoms with E-state index >= 15 is 0 Å². The number of nitrogens with one attached hydrogen (secondary N) is 4. The number of urea groups is 1. The Morgan fingerprint density at radius 1 is 0.877 bits per heavy atom. The number of sulfonamides is 3. The smallest absolute Gasteiger partial charge is 0.360 e. The van der Waals surface area contributed by atoms with Crippen LogP contribution >= 0.6 is 11.3 Å². The van der Waals surface area contributed by atoms with E-state index in [2.05, 4.69) is 29.8 Å². The van der Waals surface area contributed by atoms with Gasteiger partial charge >= 0.3 is 35.7 Å². The third-order valence-electron chi connectivity index (χ3n) is 6.78. The zero-order chi connectivity index (χ0) is 43.0. The minimum Gasteiger partial charge on any atom is -0.481 e. The second-order valence-corrected chi connectivity index (χ2v) is 16.9. The summed E-state index contributed by atoms with van der Waals surface area (Å²) in [6.07, 6.45) is 0.901. The van der Waals surface area contributed by atoms with Gasteiger partial charge in [-0.3, -0.25) is 5.32 Å². The average Bonchev–Trinajstić information content (AvgIpc) is 3.68. The Morgan fingerprint density at radius 2 is 1.49 bits per heavy atom. The molecule has 0 radical (unpaired) electrons. The van der Waals surface area contributed by atoms with Crippen LogP contribution in [0.3, 0.4) is 0 Å². The number of hydrogen-bond donors (Lipinski definition) is 5. The zero-order valence-electron chi connectivity index (χ0n) is 30.5. The Labute approximate surface area is 327 Å². The summed E-state index contributed by atoms with van der Waals surface area (Å²) in [5, 5.41) is 16.3. The maximum absolute atomic E-state index is 12.7. The van der Waals surface area contributed by atoms with Gasteiger partial charge in [-0.25, -0.2) is 68.0 Å². The summed E-state index contributed by atoms with van der Waals surface area (Å²) in [4.78, 5) is 66.2. The molecule has 310 valence electrons. The van der Waals surface area contributed by atoms with Crippen LogP contribution in [0.1, 0.15) is 31.2 Å². The number of amides is 3. The van der Waals surface area contributed by atoms with Crippen molar-refractivity contribution in [1.29, 1.82) is 0 Å². The number of anilines is 1. The van der Waals surface area contributed by atoms with E-state index < -0.39 is 75.1 Å². The number of ether oxygens (including phenoxy) is 4. The van der Waals surface area contributed by atoms with Crippen molar-refractivity contribution < 1.29 is 68.5 Å². The number of carboxylic acid groups (broad SMARTS) is 1. The SMILES string of the molecule is COC(=O)c1csc(C)c1S(=O)(=O)NC(=O)n1nc(OC)n(C)c1=O.COc1cc(OC)nc(NC(=O)NS(=O)(=O)c2cc(CNS(C)(=O)=O)ccc2C(=O)O)n1. The van der Waals surface area contributed by atoms with E-state index in [0.717, 1.165) is 41.4 Å². The van der Waals surface area contributed by atoms with Gasteiger partial charge in [-0.05, 0) is 24.6 Å². The Hall–Kier alpha value is -6.17. The number of thiophene rings is 1. The molecule has 0 aliphatic rings. The maximum atomic E-state index is 12.7. The monoisotopic (exact) mass is 879 g/mol. The van der Waals surface area contributed by atoms with Gasteiger partial charge in [0.1, 0.15) is 9.79 Å². The number of esters is 1. The lowest BCUT2D eigenvalue weighted by atomic mass is 10.1. The molecule has 29 heteroatoms. The van der Waals surface area contributed by atoms with Crippen molar-refractivity contribution in [2.75, 3.05) is 40.0 Å². The molecule has 1 aromatic carbocycles. The fourth-order valence-corrected chi connectivity index (χ4v) is 8.32. The van der Waals surface area contributed by atoms with Crippen LogP contribution in [0.25, 0.3) is 0 Å². The summed E-state index contributed by atoms with van der Waals surface area (Å²) in [5.41, 5.74) is -1.61. The fourth-order valence-electron chi connectivity index (χ4n) is 4.23. The molecule has 0 spiro atoms. The first-order chi connectivity index (χ1) is 26.5. The van der Waals surface area contributed by atoms with Crippen molar-refractivity contribution in [2.45, 2.75) is 23.3 Å². The summed E-state index contributed by atoms with van der Waals surface area (Å²) in [5.74, 6) is -2.75. The van der Waals surface area contributed by atoms with Gasteiger partial charge in [0.15, 0.2) is 0 Å². The third kappa shape index (κ3) is 11.4. The Morgan fingerprint density at radius 3 is 2.00 bits per heavy atom. The van der Waals surface area contributed by atoms with Crippen LogP contribution < -0.4 is 39.4 Å². The summed E-state index contributed by atoms with van der Waals surface area (Å²) in [7, 11) is -6.51. The average molecular weight is 880 g/mol. The molecule has 4 rings (SSSR count). The van der Waals surface area contributed by atoms with Crippen molar-refractivity contribution in [1.82, 2.24) is 38.5 Å². The van der Waals surface area contributed by atoms with Crippen molar-refractivity contribution in [3.05, 3.63) is 61.7 Å². The van der Waals surface area contributed by atoms with Crippen molar-refractivity contribution >= 4 is 71.4 Å². The van der Waals surface area contributed by atoms with Crippen LogP contribution in [-0.2, 0) is 48.4 Å². The first-order valence-electron chi connectivity index (χ1n) is 15.0. The Kier molecular flexibility index (Phi) is 14.4. The molecule has 0 bridgehead atoms. The number of benzene rings is 1. The van der Waals surface area contributed by atoms with E-state index in [0.29, 0.717) is 4.68 Å². The number of nitrogens with zero attached hydrogens (tertiary/aromatic N) is 5. The predicted molar refractivity (Wildman–Crippen MR) is 195 cm³/mol. The Bertz CT molecular complexity index is 2580. The fraction of sp³-hybridized carbons (Fsp3) is 0.286. The second-order valence-electron chi connectivity index (χ2n) is 10.7. The van der Waals surface area contributed by atoms with Gasteiger partial charge < -0.3 is 24.1 Å². The van der Waals surface area contributed by atoms with Gasteiger partial charge in [-0.1, -0.05) is 6.07 Å². The van der Waals surface area contributed by atoms with Gasteiger partial charge in [-0.2, -0.15) is 9.97 Å². The van der Waals surface area contributed by atoms with Crippen LogP contribution in [0.5, 0.6) is 17.8 Å². The van der Waals surface area contributed by atoms with E-state index in [1.165, 1.54) is 52.8 Å². The third-order valence-corrected chi connectivity index (χ3v) is 11.4. The minimum atomic E-state index is -4.70. The largest absolute Gasteiger partial charge is 0.481 e. The number of carboxylic acids is 1. The topological polar surface area (TPSA) is 342 Å². The molecule has 0 saturated carbocycles. The molecule has 0 fully saturated rings. The molecule has 4 aromatic rings. The molecule has 0 aliphatic carbocycles. The number of carbonyl (C=O) groups is 4. The molecule has 5 N–H and O–H groups in total. The van der Waals surface area contributed by atoms with Crippen LogP contribution in [0.15, 0.2) is 44.2 Å². The number of aromatic carboxylic acids is 1. The molecule has 0 aliphatic heterocycles. The number of aromatic nitrogens is 5. The summed E-state index contributed by atoms with van der Waals surface area (Å²) in [6, 6.07) is 1.67. The number of aryl methyl sites for hydroxylation is 1. The highest BCUT2D eigenvalue weighted by molar-refractivity contribution is 7.90. The number of rotatable bonds is 13. The summed E-state index contributed by atoms with van der Waals surface area (Å²) < 4.78 is 98.8. The lowest BCUT2D eigenvalue weighted by Gasteiger charge is -2.12. The normalized spacial score (nSPS) is 11.4. The first-order valence-corrected chi connectivity index (χ1v) is 20.8. The summed E-state index contributed by atoms with van der Waals surface area (Å²) >= 11 is 0.998. The highest BCUT2D eigenvalue weighted by Crippen LogP contribution is 2.27. The molecule has 57 heavy (non-hydrogen) atoms. The van der Waals surface area contributed by atoms with E-state index in [9.17, 15) is 54.3 Å². The van der Waals surface area contributed by atoms with Crippen LogP contribution in [-0.4, -0.2) is 113 Å². The van der Waals surface area contributed by atoms with Gasteiger partial charge in [0.2, 0.25) is 27.7 Å². The number of carbonyl (C=O) groups excluding carboxylic acids is 3. The lowest BCUT2D eigenvalue weighted by molar-refractivity contribution is 0.0596. The zero-order valence-corrected chi connectivity index (χ0v) is 33.8. The minimum absolute atomic E-state index is 0.0225. The molecule has 3 amide bonds. The summed E-state index contributed by atoms with van der Waals surface area (Å²) in [6.45, 7) is 1.16. The molecular weight excluding hydrogens is 847 g/mol. The highest BCUT2D eigenvalue weighted by atomic mass is 32.2. The number of methoxy groups -OCH3 is 4. The molecule has 3 heterocycles. The number of hydrogen-bond acceptors (Lipinski definition) is 19. The molecule has 0 unspecified atom stereocenters. The van der Waals surface area contributed by atoms with Gasteiger partial charge in [0.05, 0.1) is 51.9 Å². The Balaban J connectivity index is 0.000000315. The molecular formula is C28H33N9O16S4. The van der Waals surface area contributed by atoms with Gasteiger partial charge in [-0.15, -0.1) is 21.1 Å². The quantitative estimate of drug-likeness (QED) is 0.105. The lowest BCUT2D eigenvalue weighted by Crippen LogP contribution is -2.40. The van der Waals surface area contributed by atoms with Gasteiger partial charge in [0.25, 0.3) is 20.0 Å². The second kappa shape index (κ2) is 18.2. The van der Waals surface area contributed by atoms with E-state index in [-0.39, 0.29) is 46.3 Å². The van der Waals surface area contributed by atoms with Crippen molar-refractivity contribution in [3.63, 3.8) is 0 Å². The van der Waals surface area contributed by atoms with E-state index in [4.69, 9.17) is 14.2 Å². The highest BCUT2D eigenvalue weighted by Gasteiger charge is 2.31. The van der Waals surface area contributed by atoms with Crippen LogP contribution in [0.4, 0.5) is 15.5 Å². The van der Waals surface area contributed by atoms with Gasteiger partial charge in [0, 0.05) is 23.8 Å². The van der Waals surface area contributed by atoms with E-state index in [1.54, 1.807) is 9.44 Å². The maximum Gasteiger partial charge on any atom is 0.360 e. The molecule has 0 saturated heterocycles. The molecule has 3 aromatic heterocycles. The predicted octanol–water partition coefficient (Wildman–Crippen LogP) is -0.555. The molecule has 0 atom stereocenters. The first kappa shape index (κ1) is 45.2. The van der Waals surface area contributed by atoms with Crippen LogP contribution in [0, 0.1) is 6.92 Å². The molecule has 25 nitrogen and oxygen atoms in total. The van der Waals surface area contributed by atoms with E-state index in [1.807, 2.05) is 0 Å². The van der Waals surface area contributed by atoms with Crippen molar-refractivity contribution in [2.24, 2.45) is 7.05 Å². The standard InChI is InChI=1S/C16H19N5O9S2.C12H14N4O7S2/c1-29-12-7-13(30-2)19-15(18-12)20-16(24)21-32(27,28)11-6-9(8-17-31(3,25)26)4-5-10(11)14(22)23;1-6-8(7(5-24-6)9(17)22-3)25(20,21)14-10(18)16-12(19)15(2)11(13-16)23-4/h4-7,17H,8H2,1-3H3,(H,22,23)(H2,18,19,20,21,24);5H,1-4H3,(H,14,18). The van der Waals surface area contributed by atoms with Crippen LogP contribution in [0.2, 0.25) is 0 Å². The van der Waals surface area contributed by atoms with Crippen molar-refractivity contribution in [3.8, 4) is 17.8 Å².